The van der Waals surface area contributed by atoms with E-state index in [0.29, 0.717) is 32.6 Å². The molecule has 7 nitrogen and oxygen atoms in total. The van der Waals surface area contributed by atoms with E-state index < -0.39 is 6.04 Å². The zero-order valence-electron chi connectivity index (χ0n) is 20.8. The van der Waals surface area contributed by atoms with Gasteiger partial charge in [0.25, 0.3) is 5.56 Å². The highest BCUT2D eigenvalue weighted by molar-refractivity contribution is 5.87. The molecular formula is C29H36N4O3. The molecule has 36 heavy (non-hydrogen) atoms. The molecule has 0 spiro atoms. The highest BCUT2D eigenvalue weighted by atomic mass is 16.2. The molecule has 7 heteroatoms. The summed E-state index contributed by atoms with van der Waals surface area (Å²) in [5, 5.41) is 6.11. The normalized spacial score (nSPS) is 21.7. The van der Waals surface area contributed by atoms with Crippen LogP contribution in [0.3, 0.4) is 0 Å². The Morgan fingerprint density at radius 3 is 2.67 bits per heavy atom. The van der Waals surface area contributed by atoms with Gasteiger partial charge in [-0.1, -0.05) is 48.0 Å². The van der Waals surface area contributed by atoms with E-state index in [1.807, 2.05) is 45.9 Å². The van der Waals surface area contributed by atoms with Crippen molar-refractivity contribution in [3.63, 3.8) is 0 Å². The fraction of sp³-hybridized carbons (Fsp3) is 0.483. The van der Waals surface area contributed by atoms with Crippen LogP contribution in [0.2, 0.25) is 0 Å². The van der Waals surface area contributed by atoms with E-state index in [2.05, 4.69) is 16.7 Å². The van der Waals surface area contributed by atoms with Gasteiger partial charge in [-0.3, -0.25) is 9.59 Å². The molecule has 0 saturated carbocycles. The van der Waals surface area contributed by atoms with E-state index in [1.165, 1.54) is 18.4 Å². The maximum Gasteiger partial charge on any atom is 0.318 e. The Bertz CT molecular complexity index is 1170. The number of carbonyl (C=O) groups is 2. The molecule has 3 aliphatic rings. The number of benzene rings is 1. The molecular weight excluding hydrogens is 452 g/mol. The number of pyridine rings is 1. The Morgan fingerprint density at radius 2 is 1.86 bits per heavy atom. The van der Waals surface area contributed by atoms with Crippen molar-refractivity contribution in [2.45, 2.75) is 63.5 Å². The minimum absolute atomic E-state index is 0.0312. The summed E-state index contributed by atoms with van der Waals surface area (Å²) in [4.78, 5) is 40.7. The fourth-order valence-electron chi connectivity index (χ4n) is 5.96. The lowest BCUT2D eigenvalue weighted by atomic mass is 9.83. The van der Waals surface area contributed by atoms with Crippen molar-refractivity contribution in [2.24, 2.45) is 5.92 Å². The average molecular weight is 489 g/mol. The number of piperidine rings is 1. The number of nitrogens with one attached hydrogen (secondary N) is 2. The number of carbonyl (C=O) groups excluding carboxylic acids is 2. The van der Waals surface area contributed by atoms with Gasteiger partial charge >= 0.3 is 6.03 Å². The molecule has 2 aliphatic heterocycles. The molecule has 2 N–H and O–H groups in total. The van der Waals surface area contributed by atoms with Crippen molar-refractivity contribution in [1.82, 2.24) is 20.1 Å². The van der Waals surface area contributed by atoms with Crippen LogP contribution in [0.1, 0.15) is 55.7 Å². The zero-order valence-corrected chi connectivity index (χ0v) is 20.8. The second-order valence-electron chi connectivity index (χ2n) is 10.4. The predicted octanol–water partition coefficient (Wildman–Crippen LogP) is 3.60. The molecule has 1 fully saturated rings. The number of likely N-dealkylation sites (tertiary alicyclic amines) is 1. The number of amides is 3. The number of nitrogens with zero attached hydrogens (tertiary/aromatic N) is 2. The minimum atomic E-state index is -0.642. The van der Waals surface area contributed by atoms with Crippen LogP contribution in [0.15, 0.2) is 65.0 Å². The average Bonchev–Trinajstić information content (AvgIpc) is 2.90. The first-order chi connectivity index (χ1) is 17.6. The Labute approximate surface area is 212 Å². The summed E-state index contributed by atoms with van der Waals surface area (Å²) in [5.41, 5.74) is 3.47. The summed E-state index contributed by atoms with van der Waals surface area (Å²) in [6, 6.07) is 14.4. The third-order valence-corrected chi connectivity index (χ3v) is 7.79. The Balaban J connectivity index is 1.24. The molecule has 3 atom stereocenters. The molecule has 0 radical (unpaired) electrons. The monoisotopic (exact) mass is 488 g/mol. The summed E-state index contributed by atoms with van der Waals surface area (Å²) in [6.07, 6.45) is 9.33. The van der Waals surface area contributed by atoms with Crippen LogP contribution in [-0.2, 0) is 17.8 Å². The lowest BCUT2D eigenvalue weighted by molar-refractivity contribution is -0.122. The second kappa shape index (κ2) is 11.1. The van der Waals surface area contributed by atoms with Gasteiger partial charge in [0.2, 0.25) is 5.91 Å². The number of urea groups is 1. The Morgan fingerprint density at radius 1 is 1.00 bits per heavy atom. The molecule has 1 aliphatic carbocycles. The molecule has 0 unspecified atom stereocenters. The van der Waals surface area contributed by atoms with Gasteiger partial charge in [0, 0.05) is 50.3 Å². The van der Waals surface area contributed by atoms with Gasteiger partial charge in [-0.05, 0) is 56.1 Å². The van der Waals surface area contributed by atoms with Crippen LogP contribution >= 0.6 is 0 Å². The maximum atomic E-state index is 13.4. The first-order valence-corrected chi connectivity index (χ1v) is 13.3. The lowest BCUT2D eigenvalue weighted by Gasteiger charge is -2.43. The van der Waals surface area contributed by atoms with E-state index in [4.69, 9.17) is 0 Å². The number of allylic oxidation sites excluding steroid dienone is 1. The van der Waals surface area contributed by atoms with E-state index in [-0.39, 0.29) is 29.3 Å². The van der Waals surface area contributed by atoms with E-state index >= 15 is 0 Å². The molecule has 1 saturated heterocycles. The third-order valence-electron chi connectivity index (χ3n) is 7.79. The maximum absolute atomic E-state index is 13.4. The van der Waals surface area contributed by atoms with Crippen LogP contribution in [-0.4, -0.2) is 47.1 Å². The first kappa shape index (κ1) is 24.3. The summed E-state index contributed by atoms with van der Waals surface area (Å²) in [6.45, 7) is 2.38. The van der Waals surface area contributed by atoms with Crippen LogP contribution in [0, 0.1) is 5.92 Å². The van der Waals surface area contributed by atoms with Gasteiger partial charge in [-0.2, -0.15) is 0 Å². The largest absolute Gasteiger partial charge is 0.354 e. The highest BCUT2D eigenvalue weighted by Crippen LogP contribution is 2.34. The number of fused-ring (bicyclic) bond motifs is 4. The number of aromatic nitrogens is 1. The minimum Gasteiger partial charge on any atom is -0.354 e. The van der Waals surface area contributed by atoms with Gasteiger partial charge in [0.1, 0.15) is 6.04 Å². The van der Waals surface area contributed by atoms with Crippen molar-refractivity contribution in [2.75, 3.05) is 19.6 Å². The number of hydrogen-bond acceptors (Lipinski definition) is 3. The third kappa shape index (κ3) is 5.72. The summed E-state index contributed by atoms with van der Waals surface area (Å²) in [7, 11) is 0. The molecule has 5 rings (SSSR count). The fourth-order valence-corrected chi connectivity index (χ4v) is 5.96. The zero-order chi connectivity index (χ0) is 24.9. The molecule has 3 heterocycles. The van der Waals surface area contributed by atoms with Crippen LogP contribution in [0.4, 0.5) is 4.79 Å². The van der Waals surface area contributed by atoms with Crippen molar-refractivity contribution in [1.29, 1.82) is 0 Å². The molecule has 2 bridgehead atoms. The SMILES string of the molecule is O=C(NCCC1=CCCCC1)[C@H](Cc1ccccc1)NC(=O)N1C[C@H]2C[C@@H](C1)c1cccc(=O)n1C2. The van der Waals surface area contributed by atoms with Crippen LogP contribution < -0.4 is 16.2 Å². The van der Waals surface area contributed by atoms with Crippen molar-refractivity contribution in [3.05, 3.63) is 81.8 Å². The van der Waals surface area contributed by atoms with Gasteiger partial charge in [0.05, 0.1) is 0 Å². The van der Waals surface area contributed by atoms with Crippen LogP contribution in [0.5, 0.6) is 0 Å². The van der Waals surface area contributed by atoms with E-state index in [9.17, 15) is 14.4 Å². The quantitative estimate of drug-likeness (QED) is 0.584. The molecule has 3 amide bonds. The summed E-state index contributed by atoms with van der Waals surface area (Å²) < 4.78 is 1.86. The smallest absolute Gasteiger partial charge is 0.318 e. The topological polar surface area (TPSA) is 83.4 Å². The second-order valence-corrected chi connectivity index (χ2v) is 10.4. The summed E-state index contributed by atoms with van der Waals surface area (Å²) >= 11 is 0. The van der Waals surface area contributed by atoms with Gasteiger partial charge < -0.3 is 20.1 Å². The Hall–Kier alpha value is -3.35. The van der Waals surface area contributed by atoms with Gasteiger partial charge in [-0.15, -0.1) is 0 Å². The first-order valence-electron chi connectivity index (χ1n) is 13.3. The standard InChI is InChI=1S/C29H36N4O3/c34-27-13-7-12-26-24-16-23(19-33(26)27)18-32(20-24)29(36)31-25(17-22-10-5-2-6-11-22)28(35)30-15-14-21-8-3-1-4-9-21/h2,5-8,10-13,23-25H,1,3-4,9,14-20H2,(H,30,35)(H,31,36)/t23-,24+,25+/m1/s1. The molecule has 1 aromatic heterocycles. The van der Waals surface area contributed by atoms with Gasteiger partial charge in [-0.25, -0.2) is 4.79 Å². The van der Waals surface area contributed by atoms with Crippen molar-refractivity contribution >= 4 is 11.9 Å². The summed E-state index contributed by atoms with van der Waals surface area (Å²) in [5.74, 6) is 0.243. The Kier molecular flexibility index (Phi) is 7.54. The molecule has 1 aromatic carbocycles. The highest BCUT2D eigenvalue weighted by Gasteiger charge is 2.37. The van der Waals surface area contributed by atoms with Crippen molar-refractivity contribution in [3.8, 4) is 0 Å². The molecule has 2 aromatic rings. The van der Waals surface area contributed by atoms with Crippen molar-refractivity contribution < 1.29 is 9.59 Å². The number of hydrogen-bond donors (Lipinski definition) is 2. The molecule has 190 valence electrons. The van der Waals surface area contributed by atoms with E-state index in [0.717, 1.165) is 36.9 Å². The lowest BCUT2D eigenvalue weighted by Crippen LogP contribution is -2.56. The number of rotatable bonds is 7. The van der Waals surface area contributed by atoms with E-state index in [1.54, 1.807) is 12.1 Å². The van der Waals surface area contributed by atoms with Gasteiger partial charge in [0.15, 0.2) is 0 Å². The predicted molar refractivity (Wildman–Crippen MR) is 140 cm³/mol. The van der Waals surface area contributed by atoms with Crippen LogP contribution in [0.25, 0.3) is 0 Å².